The Kier molecular flexibility index (Phi) is 5.02. The zero-order valence-corrected chi connectivity index (χ0v) is 10.6. The van der Waals surface area contributed by atoms with E-state index in [1.807, 2.05) is 13.8 Å². The summed E-state index contributed by atoms with van der Waals surface area (Å²) in [5.41, 5.74) is -0.541. The van der Waals surface area contributed by atoms with Crippen LogP contribution in [-0.4, -0.2) is 17.5 Å². The van der Waals surface area contributed by atoms with Gasteiger partial charge < -0.3 is 4.74 Å². The van der Waals surface area contributed by atoms with Gasteiger partial charge in [-0.15, -0.1) is 5.92 Å². The van der Waals surface area contributed by atoms with Crippen molar-refractivity contribution in [1.82, 2.24) is 0 Å². The molecule has 1 heterocycles. The first-order chi connectivity index (χ1) is 7.56. The van der Waals surface area contributed by atoms with Gasteiger partial charge in [-0.1, -0.05) is 25.7 Å². The summed E-state index contributed by atoms with van der Waals surface area (Å²) < 4.78 is 5.76. The van der Waals surface area contributed by atoms with E-state index in [2.05, 4.69) is 18.8 Å². The number of ketones is 1. The van der Waals surface area contributed by atoms with Gasteiger partial charge in [0, 0.05) is 19.3 Å². The number of carbonyl (C=O) groups excluding carboxylic acids is 1. The summed E-state index contributed by atoms with van der Waals surface area (Å²) >= 11 is 0. The van der Waals surface area contributed by atoms with Crippen LogP contribution < -0.4 is 0 Å². The highest BCUT2D eigenvalue weighted by atomic mass is 16.5. The average molecular weight is 222 g/mol. The first kappa shape index (κ1) is 13.3. The van der Waals surface area contributed by atoms with E-state index < -0.39 is 5.60 Å². The van der Waals surface area contributed by atoms with Crippen LogP contribution in [0.2, 0.25) is 0 Å². The van der Waals surface area contributed by atoms with E-state index in [1.165, 1.54) is 12.8 Å². The number of ether oxygens (including phenoxy) is 1. The van der Waals surface area contributed by atoms with Crippen LogP contribution in [-0.2, 0) is 9.53 Å². The van der Waals surface area contributed by atoms with Crippen molar-refractivity contribution in [2.75, 3.05) is 0 Å². The minimum Gasteiger partial charge on any atom is -0.359 e. The molecule has 0 aliphatic carbocycles. The van der Waals surface area contributed by atoms with E-state index in [1.54, 1.807) is 0 Å². The Balaban J connectivity index is 2.46. The molecular formula is C14H22O2. The molecule has 0 aromatic carbocycles. The molecule has 0 bridgehead atoms. The average Bonchev–Trinajstić information content (AvgIpc) is 2.15. The molecule has 0 radical (unpaired) electrons. The van der Waals surface area contributed by atoms with E-state index in [-0.39, 0.29) is 11.9 Å². The molecule has 2 heteroatoms. The molecule has 0 saturated carbocycles. The lowest BCUT2D eigenvalue weighted by Crippen LogP contribution is -2.40. The summed E-state index contributed by atoms with van der Waals surface area (Å²) in [5, 5.41) is 0. The topological polar surface area (TPSA) is 26.3 Å². The lowest BCUT2D eigenvalue weighted by atomic mass is 9.93. The number of carbonyl (C=O) groups is 1. The second-order valence-corrected chi connectivity index (χ2v) is 4.84. The largest absolute Gasteiger partial charge is 0.359 e. The predicted molar refractivity (Wildman–Crippen MR) is 65.1 cm³/mol. The highest BCUT2D eigenvalue weighted by molar-refractivity contribution is 5.81. The van der Waals surface area contributed by atoms with Crippen molar-refractivity contribution < 1.29 is 9.53 Å². The maximum absolute atomic E-state index is 11.5. The van der Waals surface area contributed by atoms with Gasteiger partial charge in [0.05, 0.1) is 6.10 Å². The normalized spacial score (nSPS) is 29.7. The maximum Gasteiger partial charge on any atom is 0.139 e. The molecule has 1 aliphatic rings. The fourth-order valence-corrected chi connectivity index (χ4v) is 2.08. The van der Waals surface area contributed by atoms with Gasteiger partial charge in [-0.25, -0.2) is 0 Å². The van der Waals surface area contributed by atoms with Gasteiger partial charge >= 0.3 is 0 Å². The van der Waals surface area contributed by atoms with Gasteiger partial charge in [0.15, 0.2) is 0 Å². The Hall–Kier alpha value is -0.810. The van der Waals surface area contributed by atoms with E-state index >= 15 is 0 Å². The second-order valence-electron chi connectivity index (χ2n) is 4.84. The Morgan fingerprint density at radius 2 is 2.25 bits per heavy atom. The third-order valence-electron chi connectivity index (χ3n) is 2.77. The Labute approximate surface area is 98.8 Å². The van der Waals surface area contributed by atoms with Crippen LogP contribution in [0.4, 0.5) is 0 Å². The molecule has 90 valence electrons. The van der Waals surface area contributed by atoms with Crippen molar-refractivity contribution in [3.63, 3.8) is 0 Å². The standard InChI is InChI=1S/C14H22O2/c1-4-5-6-7-8-9-14(3)11-13(15)10-12(2)16-14/h12H,4-7,10-11H2,1-3H3/t12-,14-/m1/s1. The van der Waals surface area contributed by atoms with Crippen molar-refractivity contribution in [3.05, 3.63) is 0 Å². The van der Waals surface area contributed by atoms with Crippen LogP contribution in [0.1, 0.15) is 59.3 Å². The Morgan fingerprint density at radius 3 is 2.88 bits per heavy atom. The van der Waals surface area contributed by atoms with E-state index in [9.17, 15) is 4.79 Å². The molecule has 0 amide bonds. The molecule has 0 N–H and O–H groups in total. The second kappa shape index (κ2) is 6.06. The monoisotopic (exact) mass is 222 g/mol. The lowest BCUT2D eigenvalue weighted by molar-refractivity contribution is -0.139. The molecule has 1 saturated heterocycles. The SMILES string of the molecule is CCCCCC#C[C@]1(C)CC(=O)C[C@@H](C)O1. The molecule has 1 fully saturated rings. The molecule has 0 unspecified atom stereocenters. The van der Waals surface area contributed by atoms with Crippen molar-refractivity contribution in [2.45, 2.75) is 71.0 Å². The molecule has 0 aromatic rings. The third-order valence-corrected chi connectivity index (χ3v) is 2.77. The summed E-state index contributed by atoms with van der Waals surface area (Å²) in [6.07, 6.45) is 5.48. The first-order valence-corrected chi connectivity index (χ1v) is 6.25. The number of rotatable bonds is 3. The summed E-state index contributed by atoms with van der Waals surface area (Å²) in [4.78, 5) is 11.5. The first-order valence-electron chi connectivity index (χ1n) is 6.25. The number of hydrogen-bond acceptors (Lipinski definition) is 2. The number of hydrogen-bond donors (Lipinski definition) is 0. The van der Waals surface area contributed by atoms with E-state index in [0.717, 1.165) is 12.8 Å². The molecule has 0 aromatic heterocycles. The summed E-state index contributed by atoms with van der Waals surface area (Å²) in [5.74, 6) is 6.54. The smallest absolute Gasteiger partial charge is 0.139 e. The van der Waals surface area contributed by atoms with Crippen LogP contribution in [0.3, 0.4) is 0 Å². The lowest BCUT2D eigenvalue weighted by Gasteiger charge is -2.32. The van der Waals surface area contributed by atoms with Crippen LogP contribution in [0, 0.1) is 11.8 Å². The highest BCUT2D eigenvalue weighted by Crippen LogP contribution is 2.25. The zero-order chi connectivity index (χ0) is 12.0. The van der Waals surface area contributed by atoms with Gasteiger partial charge in [-0.05, 0) is 20.3 Å². The quantitative estimate of drug-likeness (QED) is 0.542. The van der Waals surface area contributed by atoms with Gasteiger partial charge in [0.2, 0.25) is 0 Å². The summed E-state index contributed by atoms with van der Waals surface area (Å²) in [6.45, 7) is 6.04. The molecule has 2 nitrogen and oxygen atoms in total. The summed E-state index contributed by atoms with van der Waals surface area (Å²) in [7, 11) is 0. The van der Waals surface area contributed by atoms with E-state index in [4.69, 9.17) is 4.74 Å². The van der Waals surface area contributed by atoms with Crippen molar-refractivity contribution in [2.24, 2.45) is 0 Å². The minimum atomic E-state index is -0.541. The van der Waals surface area contributed by atoms with Crippen LogP contribution >= 0.6 is 0 Å². The van der Waals surface area contributed by atoms with Crippen LogP contribution in [0.15, 0.2) is 0 Å². The third kappa shape index (κ3) is 4.37. The van der Waals surface area contributed by atoms with Crippen molar-refractivity contribution in [3.8, 4) is 11.8 Å². The fraction of sp³-hybridized carbons (Fsp3) is 0.786. The van der Waals surface area contributed by atoms with E-state index in [0.29, 0.717) is 12.8 Å². The van der Waals surface area contributed by atoms with Gasteiger partial charge in [-0.3, -0.25) is 4.79 Å². The molecule has 2 atom stereocenters. The van der Waals surface area contributed by atoms with Crippen molar-refractivity contribution in [1.29, 1.82) is 0 Å². The molecule has 1 aliphatic heterocycles. The minimum absolute atomic E-state index is 0.0104. The highest BCUT2D eigenvalue weighted by Gasteiger charge is 2.33. The fourth-order valence-electron chi connectivity index (χ4n) is 2.08. The molecule has 1 rings (SSSR count). The number of Topliss-reactive ketones (excluding diaryl/α,β-unsaturated/α-hetero) is 1. The van der Waals surface area contributed by atoms with Crippen LogP contribution in [0.25, 0.3) is 0 Å². The van der Waals surface area contributed by atoms with Gasteiger partial charge in [0.25, 0.3) is 0 Å². The van der Waals surface area contributed by atoms with Gasteiger partial charge in [-0.2, -0.15) is 0 Å². The van der Waals surface area contributed by atoms with Gasteiger partial charge in [0.1, 0.15) is 11.4 Å². The molecule has 16 heavy (non-hydrogen) atoms. The molecule has 0 spiro atoms. The van der Waals surface area contributed by atoms with Crippen molar-refractivity contribution >= 4 is 5.78 Å². The predicted octanol–water partition coefficient (Wildman–Crippen LogP) is 3.10. The zero-order valence-electron chi connectivity index (χ0n) is 10.6. The van der Waals surface area contributed by atoms with Crippen LogP contribution in [0.5, 0.6) is 0 Å². The Morgan fingerprint density at radius 1 is 1.50 bits per heavy atom. The summed E-state index contributed by atoms with van der Waals surface area (Å²) in [6, 6.07) is 0. The molecular weight excluding hydrogens is 200 g/mol. The number of unbranched alkanes of at least 4 members (excludes halogenated alkanes) is 3. The maximum atomic E-state index is 11.5. The Bertz CT molecular complexity index is 298.